The third-order valence-electron chi connectivity index (χ3n) is 6.31. The molecule has 2 heterocycles. The van der Waals surface area contributed by atoms with Gasteiger partial charge in [0.05, 0.1) is 30.8 Å². The lowest BCUT2D eigenvalue weighted by Gasteiger charge is -2.38. The first-order valence-electron chi connectivity index (χ1n) is 11.3. The van der Waals surface area contributed by atoms with Crippen LogP contribution < -0.4 is 14.4 Å². The molecular formula is C25H27F2N3O5. The summed E-state index contributed by atoms with van der Waals surface area (Å²) in [6, 6.07) is 9.31. The molecule has 1 aliphatic heterocycles. The molecule has 1 aromatic heterocycles. The summed E-state index contributed by atoms with van der Waals surface area (Å²) in [6.45, 7) is 2.69. The van der Waals surface area contributed by atoms with Crippen molar-refractivity contribution >= 4 is 22.3 Å². The number of pyridine rings is 1. The molecule has 35 heavy (non-hydrogen) atoms. The number of anilines is 1. The number of nitro groups is 1. The fraction of sp³-hybridized carbons (Fsp3) is 0.400. The van der Waals surface area contributed by atoms with E-state index in [0.29, 0.717) is 41.9 Å². The molecule has 0 N–H and O–H groups in total. The summed E-state index contributed by atoms with van der Waals surface area (Å²) in [4.78, 5) is 17.7. The highest BCUT2D eigenvalue weighted by Crippen LogP contribution is 2.41. The maximum Gasteiger partial charge on any atom is 0.311 e. The summed E-state index contributed by atoms with van der Waals surface area (Å²) in [5.74, 6) is 1.17. The highest BCUT2D eigenvalue weighted by Gasteiger charge is 2.32. The second kappa shape index (κ2) is 10.4. The van der Waals surface area contributed by atoms with Crippen LogP contribution in [-0.2, 0) is 11.3 Å². The second-order valence-electron chi connectivity index (χ2n) is 8.49. The van der Waals surface area contributed by atoms with E-state index >= 15 is 0 Å². The summed E-state index contributed by atoms with van der Waals surface area (Å²) in [5, 5.41) is 12.4. The van der Waals surface area contributed by atoms with Crippen LogP contribution >= 0.6 is 0 Å². The number of aromatic nitrogens is 1. The van der Waals surface area contributed by atoms with E-state index in [9.17, 15) is 18.9 Å². The highest BCUT2D eigenvalue weighted by molar-refractivity contribution is 5.97. The van der Waals surface area contributed by atoms with Crippen molar-refractivity contribution in [2.75, 3.05) is 25.7 Å². The predicted octanol–water partition coefficient (Wildman–Crippen LogP) is 5.67. The third kappa shape index (κ3) is 5.12. The van der Waals surface area contributed by atoms with Gasteiger partial charge in [0.25, 0.3) is 6.43 Å². The van der Waals surface area contributed by atoms with Gasteiger partial charge in [0.15, 0.2) is 0 Å². The van der Waals surface area contributed by atoms with Gasteiger partial charge in [0.1, 0.15) is 23.4 Å². The average Bonchev–Trinajstić information content (AvgIpc) is 2.86. The normalized spacial score (nSPS) is 18.0. The Morgan fingerprint density at radius 2 is 2.03 bits per heavy atom. The number of rotatable bonds is 8. The van der Waals surface area contributed by atoms with Crippen LogP contribution in [0.15, 0.2) is 42.6 Å². The smallest absolute Gasteiger partial charge is 0.311 e. The molecular weight excluding hydrogens is 460 g/mol. The van der Waals surface area contributed by atoms with Crippen molar-refractivity contribution in [3.8, 4) is 11.5 Å². The molecule has 2 atom stereocenters. The summed E-state index contributed by atoms with van der Waals surface area (Å²) >= 11 is 0. The van der Waals surface area contributed by atoms with Crippen molar-refractivity contribution in [2.45, 2.75) is 44.9 Å². The lowest BCUT2D eigenvalue weighted by atomic mass is 9.98. The van der Waals surface area contributed by atoms with Crippen molar-refractivity contribution in [3.63, 3.8) is 0 Å². The summed E-state index contributed by atoms with van der Waals surface area (Å²) in [5.41, 5.74) is 0.983. The Labute approximate surface area is 201 Å². The van der Waals surface area contributed by atoms with E-state index in [1.165, 1.54) is 24.4 Å². The first-order valence-corrected chi connectivity index (χ1v) is 11.3. The van der Waals surface area contributed by atoms with E-state index in [-0.39, 0.29) is 35.6 Å². The molecule has 1 saturated heterocycles. The Morgan fingerprint density at radius 3 is 2.69 bits per heavy atom. The number of hydrogen-bond donors (Lipinski definition) is 0. The van der Waals surface area contributed by atoms with Gasteiger partial charge in [-0.1, -0.05) is 6.07 Å². The Balaban J connectivity index is 1.93. The summed E-state index contributed by atoms with van der Waals surface area (Å²) < 4.78 is 43.8. The fourth-order valence-corrected chi connectivity index (χ4v) is 4.57. The molecule has 0 amide bonds. The number of alkyl halides is 2. The first-order chi connectivity index (χ1) is 16.8. The minimum atomic E-state index is -2.72. The van der Waals surface area contributed by atoms with Crippen LogP contribution in [0.2, 0.25) is 0 Å². The number of ether oxygens (including phenoxy) is 3. The maximum atomic E-state index is 13.6. The molecule has 186 valence electrons. The van der Waals surface area contributed by atoms with E-state index in [0.717, 1.165) is 5.56 Å². The van der Waals surface area contributed by atoms with Gasteiger partial charge in [-0.15, -0.1) is 0 Å². The van der Waals surface area contributed by atoms with Gasteiger partial charge in [-0.05, 0) is 44.0 Å². The van der Waals surface area contributed by atoms with Crippen LogP contribution in [0.25, 0.3) is 10.9 Å². The summed E-state index contributed by atoms with van der Waals surface area (Å²) in [6.07, 6.45) is -0.338. The zero-order chi connectivity index (χ0) is 25.1. The van der Waals surface area contributed by atoms with Crippen LogP contribution in [0, 0.1) is 10.1 Å². The standard InChI is InChI=1S/C25H27F2N3O5/c1-15-10-18(8-9-35-15)29(14-17-4-6-19(33-2)12-23(17)34-3)24-20-11-16(25(26)27)5-7-21(20)28-13-22(24)30(31)32/h4-7,11-13,15,18,25H,8-10,14H2,1-3H3/t15-,18-/m1/s1. The molecule has 8 nitrogen and oxygen atoms in total. The number of halogens is 2. The van der Waals surface area contributed by atoms with Crippen molar-refractivity contribution in [3.05, 3.63) is 63.8 Å². The number of hydrogen-bond acceptors (Lipinski definition) is 7. The Morgan fingerprint density at radius 1 is 1.23 bits per heavy atom. The highest BCUT2D eigenvalue weighted by atomic mass is 19.3. The van der Waals surface area contributed by atoms with Crippen LogP contribution in [0.3, 0.4) is 0 Å². The molecule has 1 fully saturated rings. The Kier molecular flexibility index (Phi) is 7.30. The van der Waals surface area contributed by atoms with Gasteiger partial charge in [0.2, 0.25) is 0 Å². The second-order valence-corrected chi connectivity index (χ2v) is 8.49. The topological polar surface area (TPSA) is 87.0 Å². The van der Waals surface area contributed by atoms with Gasteiger partial charge in [-0.3, -0.25) is 10.1 Å². The van der Waals surface area contributed by atoms with Crippen molar-refractivity contribution in [1.82, 2.24) is 4.98 Å². The molecule has 0 radical (unpaired) electrons. The number of methoxy groups -OCH3 is 2. The fourth-order valence-electron chi connectivity index (χ4n) is 4.57. The van der Waals surface area contributed by atoms with Gasteiger partial charge < -0.3 is 19.1 Å². The van der Waals surface area contributed by atoms with E-state index in [1.807, 2.05) is 17.9 Å². The van der Waals surface area contributed by atoms with E-state index in [1.54, 1.807) is 26.4 Å². The van der Waals surface area contributed by atoms with Crippen LogP contribution in [0.5, 0.6) is 11.5 Å². The largest absolute Gasteiger partial charge is 0.497 e. The quantitative estimate of drug-likeness (QED) is 0.299. The number of nitrogens with zero attached hydrogens (tertiary/aromatic N) is 3. The lowest BCUT2D eigenvalue weighted by molar-refractivity contribution is -0.384. The zero-order valence-electron chi connectivity index (χ0n) is 19.7. The molecule has 1 aliphatic rings. The van der Waals surface area contributed by atoms with E-state index in [2.05, 4.69) is 4.98 Å². The average molecular weight is 488 g/mol. The molecule has 0 unspecified atom stereocenters. The number of fused-ring (bicyclic) bond motifs is 1. The molecule has 3 aromatic rings. The molecule has 10 heteroatoms. The van der Waals surface area contributed by atoms with Crippen molar-refractivity contribution in [2.24, 2.45) is 0 Å². The molecule has 0 aliphatic carbocycles. The minimum absolute atomic E-state index is 0.0576. The monoisotopic (exact) mass is 487 g/mol. The van der Waals surface area contributed by atoms with Gasteiger partial charge in [0, 0.05) is 41.8 Å². The SMILES string of the molecule is COc1ccc(CN(c2c([N+](=O)[O-])cnc3ccc(C(F)F)cc23)[C@@H]2CCO[C@H](C)C2)c(OC)c1. The van der Waals surface area contributed by atoms with E-state index in [4.69, 9.17) is 14.2 Å². The lowest BCUT2D eigenvalue weighted by Crippen LogP contribution is -2.42. The van der Waals surface area contributed by atoms with E-state index < -0.39 is 11.3 Å². The van der Waals surface area contributed by atoms with Gasteiger partial charge in [-0.2, -0.15) is 0 Å². The molecule has 2 aromatic carbocycles. The summed E-state index contributed by atoms with van der Waals surface area (Å²) in [7, 11) is 3.09. The van der Waals surface area contributed by atoms with Gasteiger partial charge >= 0.3 is 5.69 Å². The Bertz CT molecular complexity index is 1220. The first kappa shape index (κ1) is 24.6. The maximum absolute atomic E-state index is 13.6. The van der Waals surface area contributed by atoms with Crippen molar-refractivity contribution in [1.29, 1.82) is 0 Å². The number of benzene rings is 2. The van der Waals surface area contributed by atoms with Gasteiger partial charge in [-0.25, -0.2) is 13.8 Å². The third-order valence-corrected chi connectivity index (χ3v) is 6.31. The van der Waals surface area contributed by atoms with Crippen LogP contribution in [0.1, 0.15) is 37.3 Å². The predicted molar refractivity (Wildman–Crippen MR) is 128 cm³/mol. The molecule has 4 rings (SSSR count). The van der Waals surface area contributed by atoms with Crippen LogP contribution in [-0.4, -0.2) is 42.9 Å². The molecule has 0 spiro atoms. The van der Waals surface area contributed by atoms with Crippen molar-refractivity contribution < 1.29 is 27.9 Å². The zero-order valence-corrected chi connectivity index (χ0v) is 19.7. The van der Waals surface area contributed by atoms with Crippen LogP contribution in [0.4, 0.5) is 20.2 Å². The minimum Gasteiger partial charge on any atom is -0.497 e. The molecule has 0 bridgehead atoms. The molecule has 0 saturated carbocycles. The Hall–Kier alpha value is -3.53.